The predicted octanol–water partition coefficient (Wildman–Crippen LogP) is 8.82. The highest BCUT2D eigenvalue weighted by atomic mass is 28.5. The van der Waals surface area contributed by atoms with Gasteiger partial charge < -0.3 is 0 Å². The van der Waals surface area contributed by atoms with E-state index >= 15 is 0 Å². The minimum absolute atomic E-state index is 0.0554. The van der Waals surface area contributed by atoms with Crippen molar-refractivity contribution < 1.29 is 21.1 Å². The van der Waals surface area contributed by atoms with Gasteiger partial charge in [-0.1, -0.05) is 115 Å². The topological polar surface area (TPSA) is 0 Å². The SMILES string of the molecule is CCCCCCCCCCCCCCCCCCc1ccc([Si](F)(F)F)c(F)c1F. The highest BCUT2D eigenvalue weighted by molar-refractivity contribution is 6.73. The van der Waals surface area contributed by atoms with E-state index in [2.05, 4.69) is 6.92 Å². The lowest BCUT2D eigenvalue weighted by Crippen LogP contribution is -2.37. The van der Waals surface area contributed by atoms with Gasteiger partial charge in [0, 0.05) is 0 Å². The van der Waals surface area contributed by atoms with E-state index in [9.17, 15) is 21.1 Å². The lowest BCUT2D eigenvalue weighted by Gasteiger charge is -2.09. The van der Waals surface area contributed by atoms with E-state index in [1.165, 1.54) is 77.0 Å². The smallest absolute Gasteiger partial charge is 0.234 e. The molecular weight excluding hydrogens is 411 g/mol. The summed E-state index contributed by atoms with van der Waals surface area (Å²) in [7, 11) is -6.32. The van der Waals surface area contributed by atoms with E-state index in [1.807, 2.05) is 0 Å². The molecule has 6 heteroatoms. The first-order chi connectivity index (χ1) is 14.4. The molecule has 0 aliphatic rings. The Bertz CT molecular complexity index is 571. The quantitative estimate of drug-likeness (QED) is 0.0907. The van der Waals surface area contributed by atoms with Crippen LogP contribution in [0.3, 0.4) is 0 Å². The van der Waals surface area contributed by atoms with E-state index in [0.717, 1.165) is 25.3 Å². The Labute approximate surface area is 181 Å². The molecule has 1 aromatic carbocycles. The van der Waals surface area contributed by atoms with Crippen LogP contribution in [-0.2, 0) is 6.42 Å². The zero-order valence-electron chi connectivity index (χ0n) is 18.6. The zero-order valence-corrected chi connectivity index (χ0v) is 19.6. The fourth-order valence-corrected chi connectivity index (χ4v) is 4.50. The molecule has 30 heavy (non-hydrogen) atoms. The van der Waals surface area contributed by atoms with Crippen LogP contribution in [0.4, 0.5) is 21.1 Å². The number of rotatable bonds is 18. The summed E-state index contributed by atoms with van der Waals surface area (Å²) in [6, 6.07) is 1.80. The van der Waals surface area contributed by atoms with Gasteiger partial charge in [-0.15, -0.1) is 0 Å². The van der Waals surface area contributed by atoms with Crippen molar-refractivity contribution in [1.82, 2.24) is 0 Å². The molecule has 0 atom stereocenters. The number of hydrogen-bond donors (Lipinski definition) is 0. The fraction of sp³-hybridized carbons (Fsp3) is 0.750. The van der Waals surface area contributed by atoms with E-state index in [-0.39, 0.29) is 5.56 Å². The second kappa shape index (κ2) is 15.8. The average molecular weight is 451 g/mol. The Hall–Kier alpha value is -0.913. The average Bonchev–Trinajstić information content (AvgIpc) is 2.69. The Morgan fingerprint density at radius 1 is 0.567 bits per heavy atom. The van der Waals surface area contributed by atoms with Gasteiger partial charge in [0.1, 0.15) is 0 Å². The summed E-state index contributed by atoms with van der Waals surface area (Å²) in [5.41, 5.74) is 0.0554. The first-order valence-corrected chi connectivity index (χ1v) is 13.6. The van der Waals surface area contributed by atoms with Gasteiger partial charge in [-0.3, -0.25) is 0 Å². The van der Waals surface area contributed by atoms with Crippen molar-refractivity contribution in [2.24, 2.45) is 0 Å². The summed E-state index contributed by atoms with van der Waals surface area (Å²) < 4.78 is 65.5. The van der Waals surface area contributed by atoms with Crippen LogP contribution in [-0.4, -0.2) is 9.08 Å². The molecule has 174 valence electrons. The van der Waals surface area contributed by atoms with Crippen molar-refractivity contribution >= 4 is 14.3 Å². The molecule has 0 unspecified atom stereocenters. The molecule has 0 spiro atoms. The van der Waals surface area contributed by atoms with Gasteiger partial charge in [0.05, 0.1) is 5.19 Å². The van der Waals surface area contributed by atoms with Crippen molar-refractivity contribution in [2.45, 2.75) is 116 Å². The van der Waals surface area contributed by atoms with Gasteiger partial charge in [-0.05, 0) is 18.4 Å². The lowest BCUT2D eigenvalue weighted by atomic mass is 10.0. The summed E-state index contributed by atoms with van der Waals surface area (Å²) in [5, 5.41) is -1.39. The highest BCUT2D eigenvalue weighted by Crippen LogP contribution is 2.19. The molecule has 0 saturated heterocycles. The molecule has 0 aliphatic heterocycles. The van der Waals surface area contributed by atoms with Gasteiger partial charge in [0.15, 0.2) is 11.6 Å². The van der Waals surface area contributed by atoms with Gasteiger partial charge in [-0.2, -0.15) is 0 Å². The first-order valence-electron chi connectivity index (χ1n) is 11.9. The Morgan fingerprint density at radius 2 is 0.967 bits per heavy atom. The van der Waals surface area contributed by atoms with Gasteiger partial charge in [0.2, 0.25) is 0 Å². The first kappa shape index (κ1) is 27.1. The largest absolute Gasteiger partial charge is 0.656 e. The lowest BCUT2D eigenvalue weighted by molar-refractivity contribution is 0.472. The van der Waals surface area contributed by atoms with Crippen LogP contribution in [0.15, 0.2) is 12.1 Å². The molecule has 1 rings (SSSR count). The Morgan fingerprint density at radius 3 is 1.37 bits per heavy atom. The molecule has 0 fully saturated rings. The Balaban J connectivity index is 1.99. The number of aryl methyl sites for hydroxylation is 1. The monoisotopic (exact) mass is 450 g/mol. The van der Waals surface area contributed by atoms with Crippen molar-refractivity contribution in [3.63, 3.8) is 0 Å². The van der Waals surface area contributed by atoms with E-state index in [0.29, 0.717) is 18.9 Å². The minimum Gasteiger partial charge on any atom is -0.234 e. The molecule has 0 N–H and O–H groups in total. The zero-order chi connectivity index (χ0) is 22.2. The summed E-state index contributed by atoms with van der Waals surface area (Å²) in [6.45, 7) is 2.24. The third-order valence-electron chi connectivity index (χ3n) is 5.77. The number of benzene rings is 1. The number of halogens is 5. The van der Waals surface area contributed by atoms with Gasteiger partial charge in [0.25, 0.3) is 0 Å². The summed E-state index contributed by atoms with van der Waals surface area (Å²) in [5.74, 6) is -3.04. The van der Waals surface area contributed by atoms with Crippen molar-refractivity contribution in [3.05, 3.63) is 29.3 Å². The summed E-state index contributed by atoms with van der Waals surface area (Å²) >= 11 is 0. The van der Waals surface area contributed by atoms with Crippen molar-refractivity contribution in [2.75, 3.05) is 0 Å². The predicted molar refractivity (Wildman–Crippen MR) is 118 cm³/mol. The van der Waals surface area contributed by atoms with Gasteiger partial charge in [-0.25, -0.2) is 21.1 Å². The molecule has 0 aromatic heterocycles. The fourth-order valence-electron chi connectivity index (χ4n) is 3.87. The molecular formula is C24H39F5Si. The molecule has 0 radical (unpaired) electrons. The maximum Gasteiger partial charge on any atom is 0.656 e. The Kier molecular flexibility index (Phi) is 14.3. The molecule has 0 saturated carbocycles. The number of hydrogen-bond acceptors (Lipinski definition) is 0. The van der Waals surface area contributed by atoms with Crippen molar-refractivity contribution in [3.8, 4) is 0 Å². The highest BCUT2D eigenvalue weighted by Gasteiger charge is 2.43. The molecule has 0 aliphatic carbocycles. The molecule has 1 aromatic rings. The molecule has 0 amide bonds. The summed E-state index contributed by atoms with van der Waals surface area (Å²) in [4.78, 5) is 0. The van der Waals surface area contributed by atoms with Crippen LogP contribution in [0.1, 0.15) is 115 Å². The van der Waals surface area contributed by atoms with Crippen LogP contribution in [0.25, 0.3) is 0 Å². The molecule has 0 bridgehead atoms. The van der Waals surface area contributed by atoms with Gasteiger partial charge >= 0.3 is 9.08 Å². The molecule has 0 nitrogen and oxygen atoms in total. The second-order valence-electron chi connectivity index (χ2n) is 8.45. The van der Waals surface area contributed by atoms with Crippen molar-refractivity contribution in [1.29, 1.82) is 0 Å². The number of unbranched alkanes of at least 4 members (excludes halogenated alkanes) is 15. The van der Waals surface area contributed by atoms with Crippen LogP contribution in [0.2, 0.25) is 0 Å². The van der Waals surface area contributed by atoms with Crippen LogP contribution >= 0.6 is 0 Å². The maximum absolute atomic E-state index is 13.8. The molecule has 0 heterocycles. The van der Waals surface area contributed by atoms with E-state index < -0.39 is 25.9 Å². The third-order valence-corrected chi connectivity index (χ3v) is 6.76. The van der Waals surface area contributed by atoms with E-state index in [1.54, 1.807) is 0 Å². The van der Waals surface area contributed by atoms with Crippen LogP contribution in [0.5, 0.6) is 0 Å². The van der Waals surface area contributed by atoms with Crippen LogP contribution in [0, 0.1) is 11.6 Å². The maximum atomic E-state index is 13.8. The standard InChI is InChI=1S/C24H39F5Si/c1-2-3-4-5-6-7-8-9-10-11-12-13-14-15-16-17-18-21-19-20-22(30(27,28)29)24(26)23(21)25/h19-20H,2-18H2,1H3. The normalized spacial score (nSPS) is 11.9. The second-order valence-corrected chi connectivity index (χ2v) is 9.99. The third kappa shape index (κ3) is 11.5. The summed E-state index contributed by atoms with van der Waals surface area (Å²) in [6.07, 6.45) is 20.0. The minimum atomic E-state index is -6.32. The van der Waals surface area contributed by atoms with E-state index in [4.69, 9.17) is 0 Å². The van der Waals surface area contributed by atoms with Crippen LogP contribution < -0.4 is 5.19 Å².